The van der Waals surface area contributed by atoms with Crippen molar-refractivity contribution in [1.82, 2.24) is 0 Å². The molecule has 0 amide bonds. The Balaban J connectivity index is 2.94. The normalized spacial score (nSPS) is 13.6. The molecule has 0 saturated carbocycles. The van der Waals surface area contributed by atoms with Crippen molar-refractivity contribution in [3.05, 3.63) is 23.8 Å². The van der Waals surface area contributed by atoms with Crippen LogP contribution in [0.3, 0.4) is 0 Å². The Bertz CT molecular complexity index is 721. The van der Waals surface area contributed by atoms with E-state index in [1.165, 1.54) is 18.2 Å². The molecule has 1 rings (SSSR count). The number of hydrogen-bond donors (Lipinski definition) is 2. The molecule has 9 nitrogen and oxygen atoms in total. The second kappa shape index (κ2) is 12.7. The van der Waals surface area contributed by atoms with Crippen molar-refractivity contribution in [3.8, 4) is 11.5 Å². The molecule has 0 aromatic heterocycles. The second-order valence-electron chi connectivity index (χ2n) is 7.28. The zero-order chi connectivity index (χ0) is 22.7. The fourth-order valence-electron chi connectivity index (χ4n) is 2.08. The van der Waals surface area contributed by atoms with E-state index in [2.05, 4.69) is 0 Å². The Morgan fingerprint density at radius 2 is 1.43 bits per heavy atom. The van der Waals surface area contributed by atoms with E-state index >= 15 is 0 Å². The lowest BCUT2D eigenvalue weighted by atomic mass is 10.1. The molecule has 168 valence electrons. The first-order valence-electron chi connectivity index (χ1n) is 9.96. The van der Waals surface area contributed by atoms with Crippen LogP contribution < -0.4 is 15.2 Å². The van der Waals surface area contributed by atoms with E-state index in [0.717, 1.165) is 12.8 Å². The van der Waals surface area contributed by atoms with Crippen molar-refractivity contribution < 1.29 is 38.4 Å². The molecule has 0 fully saturated rings. The van der Waals surface area contributed by atoms with Crippen LogP contribution in [0.4, 0.5) is 9.59 Å². The summed E-state index contributed by atoms with van der Waals surface area (Å²) in [6, 6.07) is 3.15. The maximum Gasteiger partial charge on any atom is 0.513 e. The number of carboxylic acids is 1. The van der Waals surface area contributed by atoms with Gasteiger partial charge in [0, 0.05) is 0 Å². The van der Waals surface area contributed by atoms with Crippen molar-refractivity contribution in [2.24, 2.45) is 17.6 Å². The molecule has 3 atom stereocenters. The number of carboxylic acid groups (broad SMARTS) is 1. The molecular weight excluding hydrogens is 394 g/mol. The first-order valence-corrected chi connectivity index (χ1v) is 9.96. The number of ether oxygens (including phenoxy) is 4. The van der Waals surface area contributed by atoms with Gasteiger partial charge in [-0.25, -0.2) is 9.59 Å². The molecule has 0 aliphatic carbocycles. The Morgan fingerprint density at radius 1 is 0.933 bits per heavy atom. The monoisotopic (exact) mass is 425 g/mol. The number of carbonyl (C=O) groups is 3. The van der Waals surface area contributed by atoms with Gasteiger partial charge < -0.3 is 29.8 Å². The van der Waals surface area contributed by atoms with Gasteiger partial charge in [0.2, 0.25) is 0 Å². The Hall–Kier alpha value is -2.81. The SMILES string of the molecule is CCC(C)COC(=O)Oc1ccc(C[C@H](N)C(=O)O)cc1OC(=O)OCC(C)CC. The quantitative estimate of drug-likeness (QED) is 0.401. The maximum absolute atomic E-state index is 12.0. The van der Waals surface area contributed by atoms with Crippen LogP contribution in [0.2, 0.25) is 0 Å². The summed E-state index contributed by atoms with van der Waals surface area (Å²) >= 11 is 0. The summed E-state index contributed by atoms with van der Waals surface area (Å²) in [7, 11) is 0. The lowest BCUT2D eigenvalue weighted by Crippen LogP contribution is -2.32. The third kappa shape index (κ3) is 9.13. The molecule has 0 aliphatic rings. The molecule has 1 aromatic carbocycles. The lowest BCUT2D eigenvalue weighted by molar-refractivity contribution is -0.138. The molecule has 0 heterocycles. The average molecular weight is 425 g/mol. The van der Waals surface area contributed by atoms with Gasteiger partial charge in [0.15, 0.2) is 11.5 Å². The van der Waals surface area contributed by atoms with E-state index in [4.69, 9.17) is 29.8 Å². The standard InChI is InChI=1S/C21H31NO8/c1-5-13(3)11-27-20(25)29-17-8-7-15(9-16(22)19(23)24)10-18(17)30-21(26)28-12-14(4)6-2/h7-8,10,13-14,16H,5-6,9,11-12,22H2,1-4H3,(H,23,24)/t13?,14?,16-/m0/s1. The predicted octanol–water partition coefficient (Wildman–Crippen LogP) is 3.76. The van der Waals surface area contributed by atoms with Crippen LogP contribution in [-0.2, 0) is 20.7 Å². The first kappa shape index (κ1) is 25.2. The highest BCUT2D eigenvalue weighted by Gasteiger charge is 2.19. The van der Waals surface area contributed by atoms with Gasteiger partial charge in [-0.05, 0) is 36.0 Å². The van der Waals surface area contributed by atoms with Gasteiger partial charge in [-0.3, -0.25) is 4.79 Å². The van der Waals surface area contributed by atoms with E-state index in [-0.39, 0.29) is 43.0 Å². The summed E-state index contributed by atoms with van der Waals surface area (Å²) in [6.45, 7) is 8.14. The largest absolute Gasteiger partial charge is 0.513 e. The van der Waals surface area contributed by atoms with Gasteiger partial charge >= 0.3 is 18.3 Å². The van der Waals surface area contributed by atoms with E-state index in [1.807, 2.05) is 27.7 Å². The average Bonchev–Trinajstić information content (AvgIpc) is 2.71. The first-order chi connectivity index (χ1) is 14.2. The summed E-state index contributed by atoms with van der Waals surface area (Å²) in [5.74, 6) is -0.996. The van der Waals surface area contributed by atoms with E-state index in [0.29, 0.717) is 5.56 Å². The fraction of sp³-hybridized carbons (Fsp3) is 0.571. The van der Waals surface area contributed by atoms with Crippen LogP contribution in [0.5, 0.6) is 11.5 Å². The molecule has 0 spiro atoms. The summed E-state index contributed by atoms with van der Waals surface area (Å²) in [4.78, 5) is 35.0. The van der Waals surface area contributed by atoms with Gasteiger partial charge in [-0.2, -0.15) is 0 Å². The van der Waals surface area contributed by atoms with Gasteiger partial charge in [0.05, 0.1) is 13.2 Å². The number of aliphatic carboxylic acids is 1. The molecule has 0 bridgehead atoms. The topological polar surface area (TPSA) is 134 Å². The van der Waals surface area contributed by atoms with Gasteiger partial charge in [-0.15, -0.1) is 0 Å². The molecule has 0 saturated heterocycles. The van der Waals surface area contributed by atoms with Crippen LogP contribution in [0, 0.1) is 11.8 Å². The van der Waals surface area contributed by atoms with Crippen LogP contribution in [0.25, 0.3) is 0 Å². The van der Waals surface area contributed by atoms with Gasteiger partial charge in [0.1, 0.15) is 6.04 Å². The van der Waals surface area contributed by atoms with Crippen molar-refractivity contribution in [2.75, 3.05) is 13.2 Å². The highest BCUT2D eigenvalue weighted by atomic mass is 16.7. The lowest BCUT2D eigenvalue weighted by Gasteiger charge is -2.15. The Kier molecular flexibility index (Phi) is 10.7. The van der Waals surface area contributed by atoms with Crippen molar-refractivity contribution in [1.29, 1.82) is 0 Å². The van der Waals surface area contributed by atoms with Crippen molar-refractivity contribution in [3.63, 3.8) is 0 Å². The van der Waals surface area contributed by atoms with Gasteiger partial charge in [-0.1, -0.05) is 46.6 Å². The minimum atomic E-state index is -1.17. The van der Waals surface area contributed by atoms with Crippen LogP contribution in [0.15, 0.2) is 18.2 Å². The molecular formula is C21H31NO8. The Morgan fingerprint density at radius 3 is 1.90 bits per heavy atom. The van der Waals surface area contributed by atoms with Crippen molar-refractivity contribution >= 4 is 18.3 Å². The molecule has 9 heteroatoms. The third-order valence-corrected chi connectivity index (χ3v) is 4.53. The van der Waals surface area contributed by atoms with E-state index in [9.17, 15) is 14.4 Å². The van der Waals surface area contributed by atoms with Crippen molar-refractivity contribution in [2.45, 2.75) is 53.0 Å². The minimum Gasteiger partial charge on any atom is -0.480 e. The smallest absolute Gasteiger partial charge is 0.480 e. The highest BCUT2D eigenvalue weighted by molar-refractivity contribution is 5.74. The summed E-state index contributed by atoms with van der Waals surface area (Å²) in [5.41, 5.74) is 6.04. The molecule has 2 unspecified atom stereocenters. The fourth-order valence-corrected chi connectivity index (χ4v) is 2.08. The van der Waals surface area contributed by atoms with Crippen LogP contribution in [0.1, 0.15) is 46.1 Å². The molecule has 3 N–H and O–H groups in total. The maximum atomic E-state index is 12.0. The predicted molar refractivity (Wildman–Crippen MR) is 109 cm³/mol. The zero-order valence-electron chi connectivity index (χ0n) is 17.9. The summed E-state index contributed by atoms with van der Waals surface area (Å²) < 4.78 is 20.5. The molecule has 1 aromatic rings. The Labute approximate surface area is 176 Å². The van der Waals surface area contributed by atoms with E-state index in [1.54, 1.807) is 0 Å². The zero-order valence-corrected chi connectivity index (χ0v) is 17.9. The molecule has 0 radical (unpaired) electrons. The number of rotatable bonds is 11. The van der Waals surface area contributed by atoms with Gasteiger partial charge in [0.25, 0.3) is 0 Å². The number of hydrogen-bond acceptors (Lipinski definition) is 8. The third-order valence-electron chi connectivity index (χ3n) is 4.53. The van der Waals surface area contributed by atoms with Crippen LogP contribution >= 0.6 is 0 Å². The summed E-state index contributed by atoms with van der Waals surface area (Å²) in [5, 5.41) is 8.98. The number of benzene rings is 1. The minimum absolute atomic E-state index is 0.00759. The number of nitrogens with two attached hydrogens (primary N) is 1. The van der Waals surface area contributed by atoms with E-state index < -0.39 is 24.3 Å². The number of carbonyl (C=O) groups excluding carboxylic acids is 2. The molecule has 30 heavy (non-hydrogen) atoms. The highest BCUT2D eigenvalue weighted by Crippen LogP contribution is 2.30. The van der Waals surface area contributed by atoms with Crippen LogP contribution in [-0.4, -0.2) is 42.6 Å². The second-order valence-corrected chi connectivity index (χ2v) is 7.28. The molecule has 0 aliphatic heterocycles. The summed E-state index contributed by atoms with van der Waals surface area (Å²) in [6.07, 6.45) is -0.253.